The molecule has 7 nitrogen and oxygen atoms in total. The number of nitrogens with zero attached hydrogens (tertiary/aromatic N) is 2. The third-order valence-corrected chi connectivity index (χ3v) is 3.50. The number of carbonyl (C=O) groups excluding carboxylic acids is 1. The van der Waals surface area contributed by atoms with Crippen LogP contribution in [0.2, 0.25) is 0 Å². The van der Waals surface area contributed by atoms with Gasteiger partial charge >= 0.3 is 5.97 Å². The highest BCUT2D eigenvalue weighted by Gasteiger charge is 2.09. The van der Waals surface area contributed by atoms with E-state index in [0.29, 0.717) is 18.1 Å². The van der Waals surface area contributed by atoms with Gasteiger partial charge in [-0.25, -0.2) is 4.79 Å². The van der Waals surface area contributed by atoms with E-state index in [4.69, 9.17) is 9.26 Å². The fourth-order valence-corrected chi connectivity index (χ4v) is 2.43. The van der Waals surface area contributed by atoms with Gasteiger partial charge < -0.3 is 19.3 Å². The summed E-state index contributed by atoms with van der Waals surface area (Å²) in [7, 11) is 1.34. The molecule has 0 amide bonds. The summed E-state index contributed by atoms with van der Waals surface area (Å²) < 4.78 is 15.2. The maximum absolute atomic E-state index is 11.2. The number of esters is 1. The lowest BCUT2D eigenvalue weighted by Crippen LogP contribution is -2.17. The third kappa shape index (κ3) is 5.06. The van der Waals surface area contributed by atoms with Crippen LogP contribution in [-0.2, 0) is 22.5 Å². The molecular formula is C17H23N3O4. The Morgan fingerprint density at radius 3 is 2.54 bits per heavy atom. The monoisotopic (exact) mass is 333 g/mol. The first-order valence-electron chi connectivity index (χ1n) is 7.79. The van der Waals surface area contributed by atoms with Gasteiger partial charge in [0, 0.05) is 19.5 Å². The van der Waals surface area contributed by atoms with Crippen LogP contribution in [0.3, 0.4) is 0 Å². The molecule has 24 heavy (non-hydrogen) atoms. The molecule has 0 unspecified atom stereocenters. The first-order chi connectivity index (χ1) is 11.5. The zero-order valence-corrected chi connectivity index (χ0v) is 14.5. The van der Waals surface area contributed by atoms with Crippen molar-refractivity contribution in [1.82, 2.24) is 15.5 Å². The zero-order valence-electron chi connectivity index (χ0n) is 14.5. The van der Waals surface area contributed by atoms with Crippen LogP contribution in [0.25, 0.3) is 0 Å². The molecule has 1 aromatic carbocycles. The summed E-state index contributed by atoms with van der Waals surface area (Å²) in [6.07, 6.45) is 0.694. The average Bonchev–Trinajstić information content (AvgIpc) is 2.96. The van der Waals surface area contributed by atoms with E-state index < -0.39 is 5.97 Å². The van der Waals surface area contributed by atoms with Gasteiger partial charge in [-0.1, -0.05) is 17.3 Å². The molecule has 2 aromatic rings. The van der Waals surface area contributed by atoms with E-state index in [1.165, 1.54) is 7.11 Å². The molecule has 0 aliphatic rings. The van der Waals surface area contributed by atoms with Crippen LogP contribution < -0.4 is 10.1 Å². The molecule has 0 saturated heterocycles. The predicted octanol–water partition coefficient (Wildman–Crippen LogP) is 1.88. The smallest absolute Gasteiger partial charge is 0.343 e. The van der Waals surface area contributed by atoms with Crippen molar-refractivity contribution in [2.24, 2.45) is 0 Å². The Hall–Kier alpha value is -2.41. The van der Waals surface area contributed by atoms with Crippen molar-refractivity contribution in [3.8, 4) is 5.75 Å². The lowest BCUT2D eigenvalue weighted by atomic mass is 10.1. The summed E-state index contributed by atoms with van der Waals surface area (Å²) in [4.78, 5) is 15.4. The minimum atomic E-state index is -0.393. The summed E-state index contributed by atoms with van der Waals surface area (Å²) in [6, 6.07) is 4.09. The molecule has 7 heteroatoms. The van der Waals surface area contributed by atoms with Crippen molar-refractivity contribution in [2.45, 2.75) is 33.7 Å². The molecule has 1 N–H and O–H groups in total. The Morgan fingerprint density at radius 1 is 1.25 bits per heavy atom. The van der Waals surface area contributed by atoms with E-state index >= 15 is 0 Å². The van der Waals surface area contributed by atoms with Crippen LogP contribution in [0.5, 0.6) is 5.75 Å². The zero-order chi connectivity index (χ0) is 17.5. The van der Waals surface area contributed by atoms with Gasteiger partial charge in [-0.05, 0) is 37.5 Å². The van der Waals surface area contributed by atoms with E-state index in [1.807, 2.05) is 26.0 Å². The number of benzene rings is 1. The molecule has 0 radical (unpaired) electrons. The van der Waals surface area contributed by atoms with Gasteiger partial charge in [0.1, 0.15) is 5.75 Å². The van der Waals surface area contributed by atoms with Crippen LogP contribution >= 0.6 is 0 Å². The first kappa shape index (κ1) is 17.9. The molecule has 0 saturated carbocycles. The van der Waals surface area contributed by atoms with E-state index in [2.05, 4.69) is 20.2 Å². The Morgan fingerprint density at radius 2 is 1.96 bits per heavy atom. The minimum Gasteiger partial charge on any atom is -0.481 e. The van der Waals surface area contributed by atoms with Gasteiger partial charge in [0.05, 0.1) is 7.11 Å². The van der Waals surface area contributed by atoms with Gasteiger partial charge in [0.15, 0.2) is 12.4 Å². The maximum Gasteiger partial charge on any atom is 0.343 e. The predicted molar refractivity (Wildman–Crippen MR) is 87.9 cm³/mol. The van der Waals surface area contributed by atoms with E-state index in [0.717, 1.165) is 35.5 Å². The minimum absolute atomic E-state index is 0.0840. The number of rotatable bonds is 8. The summed E-state index contributed by atoms with van der Waals surface area (Å²) in [5, 5.41) is 7.11. The third-order valence-electron chi connectivity index (χ3n) is 3.50. The summed E-state index contributed by atoms with van der Waals surface area (Å²) >= 11 is 0. The van der Waals surface area contributed by atoms with Crippen molar-refractivity contribution in [3.63, 3.8) is 0 Å². The highest BCUT2D eigenvalue weighted by Crippen LogP contribution is 2.24. The van der Waals surface area contributed by atoms with Gasteiger partial charge in [-0.2, -0.15) is 4.98 Å². The number of aromatic nitrogens is 2. The Balaban J connectivity index is 1.86. The average molecular weight is 333 g/mol. The lowest BCUT2D eigenvalue weighted by Gasteiger charge is -2.13. The van der Waals surface area contributed by atoms with Crippen molar-refractivity contribution in [1.29, 1.82) is 0 Å². The second kappa shape index (κ2) is 8.44. The SMILES string of the molecule is COC(=O)COc1c(C)cc(CNCCc2nc(C)no2)cc1C. The molecule has 0 bridgehead atoms. The number of hydrogen-bond donors (Lipinski definition) is 1. The topological polar surface area (TPSA) is 86.5 Å². The molecule has 0 spiro atoms. The number of aryl methyl sites for hydroxylation is 3. The molecular weight excluding hydrogens is 310 g/mol. The highest BCUT2D eigenvalue weighted by molar-refractivity contribution is 5.71. The molecule has 0 aliphatic heterocycles. The van der Waals surface area contributed by atoms with Crippen LogP contribution in [-0.4, -0.2) is 36.4 Å². The molecule has 0 aliphatic carbocycles. The number of ether oxygens (including phenoxy) is 2. The summed E-state index contributed by atoms with van der Waals surface area (Å²) in [5.41, 5.74) is 3.13. The van der Waals surface area contributed by atoms with Crippen molar-refractivity contribution in [2.75, 3.05) is 20.3 Å². The Kier molecular flexibility index (Phi) is 6.31. The van der Waals surface area contributed by atoms with Gasteiger partial charge in [0.2, 0.25) is 5.89 Å². The standard InChI is InChI=1S/C17H23N3O4/c1-11-7-14(8-12(2)17(11)23-10-16(21)22-4)9-18-6-5-15-19-13(3)20-24-15/h7-8,18H,5-6,9-10H2,1-4H3. The van der Waals surface area contributed by atoms with E-state index in [1.54, 1.807) is 6.92 Å². The number of hydrogen-bond acceptors (Lipinski definition) is 7. The fraction of sp³-hybridized carbons (Fsp3) is 0.471. The molecule has 130 valence electrons. The molecule has 2 rings (SSSR count). The normalized spacial score (nSPS) is 10.7. The van der Waals surface area contributed by atoms with Gasteiger partial charge in [0.25, 0.3) is 0 Å². The van der Waals surface area contributed by atoms with E-state index in [9.17, 15) is 4.79 Å². The van der Waals surface area contributed by atoms with Crippen molar-refractivity contribution < 1.29 is 18.8 Å². The molecule has 0 atom stereocenters. The fourth-order valence-electron chi connectivity index (χ4n) is 2.43. The van der Waals surface area contributed by atoms with E-state index in [-0.39, 0.29) is 6.61 Å². The van der Waals surface area contributed by atoms with Crippen molar-refractivity contribution in [3.05, 3.63) is 40.5 Å². The largest absolute Gasteiger partial charge is 0.481 e. The number of carbonyl (C=O) groups is 1. The second-order valence-corrected chi connectivity index (χ2v) is 5.59. The van der Waals surface area contributed by atoms with Crippen LogP contribution in [0.15, 0.2) is 16.7 Å². The number of nitrogens with one attached hydrogen (secondary N) is 1. The summed E-state index contributed by atoms with van der Waals surface area (Å²) in [6.45, 7) is 7.12. The molecule has 1 aromatic heterocycles. The van der Waals surface area contributed by atoms with Gasteiger partial charge in [-0.3, -0.25) is 0 Å². The number of methoxy groups -OCH3 is 1. The van der Waals surface area contributed by atoms with Crippen LogP contribution in [0.4, 0.5) is 0 Å². The molecule has 0 fully saturated rings. The second-order valence-electron chi connectivity index (χ2n) is 5.59. The summed E-state index contributed by atoms with van der Waals surface area (Å²) in [5.74, 6) is 1.62. The van der Waals surface area contributed by atoms with Crippen LogP contribution in [0.1, 0.15) is 28.4 Å². The highest BCUT2D eigenvalue weighted by atomic mass is 16.6. The Bertz CT molecular complexity index is 674. The first-order valence-corrected chi connectivity index (χ1v) is 7.79. The van der Waals surface area contributed by atoms with Gasteiger partial charge in [-0.15, -0.1) is 0 Å². The maximum atomic E-state index is 11.2. The molecule has 1 heterocycles. The van der Waals surface area contributed by atoms with Crippen LogP contribution in [0, 0.1) is 20.8 Å². The lowest BCUT2D eigenvalue weighted by molar-refractivity contribution is -0.142. The Labute approximate surface area is 141 Å². The van der Waals surface area contributed by atoms with Crippen molar-refractivity contribution >= 4 is 5.97 Å². The quantitative estimate of drug-likeness (QED) is 0.583.